The minimum Gasteiger partial charge on any atom is -0.382 e. The first kappa shape index (κ1) is 11.1. The predicted octanol–water partition coefficient (Wildman–Crippen LogP) is 2.53. The molecule has 0 aliphatic carbocycles. The van der Waals surface area contributed by atoms with Crippen LogP contribution in [0.15, 0.2) is 0 Å². The third-order valence-corrected chi connectivity index (χ3v) is 2.95. The molecule has 1 rings (SSSR count). The lowest BCUT2D eigenvalue weighted by molar-refractivity contribution is 0.344. The SMILES string of the molecule is CCc1c(N)n[nH]c1CC(C)(C)CC. The molecule has 1 aromatic rings. The summed E-state index contributed by atoms with van der Waals surface area (Å²) in [5, 5.41) is 7.10. The zero-order valence-corrected chi connectivity index (χ0v) is 9.65. The van der Waals surface area contributed by atoms with Crippen LogP contribution in [0.5, 0.6) is 0 Å². The van der Waals surface area contributed by atoms with Gasteiger partial charge in [0, 0.05) is 11.3 Å². The van der Waals surface area contributed by atoms with Gasteiger partial charge in [-0.1, -0.05) is 34.1 Å². The molecule has 80 valence electrons. The van der Waals surface area contributed by atoms with Crippen LogP contribution in [0, 0.1) is 5.41 Å². The van der Waals surface area contributed by atoms with Crippen LogP contribution >= 0.6 is 0 Å². The summed E-state index contributed by atoms with van der Waals surface area (Å²) in [6.07, 6.45) is 3.14. The molecule has 3 nitrogen and oxygen atoms in total. The third kappa shape index (κ3) is 2.28. The van der Waals surface area contributed by atoms with Crippen molar-refractivity contribution in [3.05, 3.63) is 11.3 Å². The van der Waals surface area contributed by atoms with Crippen LogP contribution in [0.1, 0.15) is 45.4 Å². The maximum Gasteiger partial charge on any atom is 0.148 e. The normalized spacial score (nSPS) is 12.0. The molecule has 3 N–H and O–H groups in total. The maximum atomic E-state index is 5.77. The molecular weight excluding hydrogens is 174 g/mol. The second kappa shape index (κ2) is 4.03. The van der Waals surface area contributed by atoms with E-state index in [4.69, 9.17) is 5.73 Å². The first-order valence-corrected chi connectivity index (χ1v) is 5.31. The van der Waals surface area contributed by atoms with Gasteiger partial charge in [-0.25, -0.2) is 0 Å². The van der Waals surface area contributed by atoms with Crippen molar-refractivity contribution < 1.29 is 0 Å². The standard InChI is InChI=1S/C11H21N3/c1-5-8-9(13-14-10(8)12)7-11(3,4)6-2/h5-7H2,1-4H3,(H3,12,13,14). The fourth-order valence-corrected chi connectivity index (χ4v) is 1.56. The topological polar surface area (TPSA) is 54.7 Å². The lowest BCUT2D eigenvalue weighted by atomic mass is 9.84. The van der Waals surface area contributed by atoms with E-state index >= 15 is 0 Å². The summed E-state index contributed by atoms with van der Waals surface area (Å²) in [4.78, 5) is 0. The van der Waals surface area contributed by atoms with E-state index in [1.807, 2.05) is 0 Å². The van der Waals surface area contributed by atoms with Crippen LogP contribution in [-0.4, -0.2) is 10.2 Å². The van der Waals surface area contributed by atoms with Gasteiger partial charge in [0.25, 0.3) is 0 Å². The first-order valence-electron chi connectivity index (χ1n) is 5.31. The van der Waals surface area contributed by atoms with Crippen LogP contribution in [0.3, 0.4) is 0 Å². The molecule has 0 fully saturated rings. The summed E-state index contributed by atoms with van der Waals surface area (Å²) >= 11 is 0. The first-order chi connectivity index (χ1) is 6.50. The Morgan fingerprint density at radius 2 is 2.00 bits per heavy atom. The van der Waals surface area contributed by atoms with E-state index in [2.05, 4.69) is 37.9 Å². The van der Waals surface area contributed by atoms with Gasteiger partial charge >= 0.3 is 0 Å². The summed E-state index contributed by atoms with van der Waals surface area (Å²) < 4.78 is 0. The summed E-state index contributed by atoms with van der Waals surface area (Å²) in [6, 6.07) is 0. The Hall–Kier alpha value is -0.990. The van der Waals surface area contributed by atoms with E-state index in [1.165, 1.54) is 11.3 Å². The predicted molar refractivity (Wildman–Crippen MR) is 60.2 cm³/mol. The van der Waals surface area contributed by atoms with Gasteiger partial charge in [0.15, 0.2) is 0 Å². The fourth-order valence-electron chi connectivity index (χ4n) is 1.56. The van der Waals surface area contributed by atoms with E-state index in [-0.39, 0.29) is 0 Å². The van der Waals surface area contributed by atoms with Gasteiger partial charge in [-0.3, -0.25) is 5.10 Å². The van der Waals surface area contributed by atoms with E-state index < -0.39 is 0 Å². The molecule has 3 heteroatoms. The molecular formula is C11H21N3. The molecule has 0 aliphatic heterocycles. The van der Waals surface area contributed by atoms with E-state index in [0.717, 1.165) is 19.3 Å². The second-order valence-corrected chi connectivity index (χ2v) is 4.61. The van der Waals surface area contributed by atoms with Gasteiger partial charge in [0.1, 0.15) is 5.82 Å². The van der Waals surface area contributed by atoms with Crippen LogP contribution in [0.4, 0.5) is 5.82 Å². The number of hydrogen-bond acceptors (Lipinski definition) is 2. The number of nitrogen functional groups attached to an aromatic ring is 1. The number of anilines is 1. The van der Waals surface area contributed by atoms with Crippen LogP contribution in [0.25, 0.3) is 0 Å². The van der Waals surface area contributed by atoms with Crippen LogP contribution in [0.2, 0.25) is 0 Å². The summed E-state index contributed by atoms with van der Waals surface area (Å²) in [6.45, 7) is 8.86. The molecule has 0 saturated heterocycles. The molecule has 0 aliphatic rings. The number of rotatable bonds is 4. The Kier molecular flexibility index (Phi) is 3.19. The van der Waals surface area contributed by atoms with Gasteiger partial charge in [-0.05, 0) is 18.3 Å². The zero-order valence-electron chi connectivity index (χ0n) is 9.65. The van der Waals surface area contributed by atoms with Crippen LogP contribution in [-0.2, 0) is 12.8 Å². The molecule has 0 bridgehead atoms. The summed E-state index contributed by atoms with van der Waals surface area (Å²) in [5.41, 5.74) is 8.48. The molecule has 0 saturated carbocycles. The highest BCUT2D eigenvalue weighted by Gasteiger charge is 2.19. The molecule has 0 amide bonds. The van der Waals surface area contributed by atoms with Crippen molar-refractivity contribution in [3.63, 3.8) is 0 Å². The molecule has 0 atom stereocenters. The van der Waals surface area contributed by atoms with Crippen molar-refractivity contribution in [3.8, 4) is 0 Å². The minimum absolute atomic E-state index is 0.322. The highest BCUT2D eigenvalue weighted by Crippen LogP contribution is 2.27. The summed E-state index contributed by atoms with van der Waals surface area (Å²) in [5.74, 6) is 0.661. The van der Waals surface area contributed by atoms with E-state index in [0.29, 0.717) is 11.2 Å². The number of aromatic amines is 1. The largest absolute Gasteiger partial charge is 0.382 e. The van der Waals surface area contributed by atoms with Gasteiger partial charge < -0.3 is 5.73 Å². The summed E-state index contributed by atoms with van der Waals surface area (Å²) in [7, 11) is 0. The fraction of sp³-hybridized carbons (Fsp3) is 0.727. The molecule has 0 unspecified atom stereocenters. The van der Waals surface area contributed by atoms with Gasteiger partial charge in [-0.2, -0.15) is 5.10 Å². The van der Waals surface area contributed by atoms with Gasteiger partial charge in [0.2, 0.25) is 0 Å². The van der Waals surface area contributed by atoms with Crippen molar-refractivity contribution in [1.29, 1.82) is 0 Å². The Bertz CT molecular complexity index is 299. The van der Waals surface area contributed by atoms with Crippen molar-refractivity contribution in [2.75, 3.05) is 5.73 Å². The number of nitrogens with two attached hydrogens (primary N) is 1. The molecule has 1 heterocycles. The Morgan fingerprint density at radius 1 is 1.36 bits per heavy atom. The van der Waals surface area contributed by atoms with Crippen molar-refractivity contribution in [2.24, 2.45) is 5.41 Å². The van der Waals surface area contributed by atoms with Crippen molar-refractivity contribution >= 4 is 5.82 Å². The highest BCUT2D eigenvalue weighted by molar-refractivity contribution is 5.42. The van der Waals surface area contributed by atoms with Gasteiger partial charge in [-0.15, -0.1) is 0 Å². The Labute approximate surface area is 86.1 Å². The molecule has 0 radical (unpaired) electrons. The number of aromatic nitrogens is 2. The lowest BCUT2D eigenvalue weighted by Crippen LogP contribution is -2.14. The van der Waals surface area contributed by atoms with E-state index in [1.54, 1.807) is 0 Å². The molecule has 1 aromatic heterocycles. The molecule has 0 aromatic carbocycles. The smallest absolute Gasteiger partial charge is 0.148 e. The third-order valence-electron chi connectivity index (χ3n) is 2.95. The number of hydrogen-bond donors (Lipinski definition) is 2. The Balaban J connectivity index is 2.86. The number of nitrogens with one attached hydrogen (secondary N) is 1. The number of nitrogens with zero attached hydrogens (tertiary/aromatic N) is 1. The van der Waals surface area contributed by atoms with Crippen molar-refractivity contribution in [2.45, 2.75) is 47.0 Å². The highest BCUT2D eigenvalue weighted by atomic mass is 15.2. The lowest BCUT2D eigenvalue weighted by Gasteiger charge is -2.22. The Morgan fingerprint density at radius 3 is 2.50 bits per heavy atom. The molecule has 14 heavy (non-hydrogen) atoms. The quantitative estimate of drug-likeness (QED) is 0.775. The number of H-pyrrole nitrogens is 1. The average molecular weight is 195 g/mol. The zero-order chi connectivity index (χ0) is 10.8. The monoisotopic (exact) mass is 195 g/mol. The molecule has 0 spiro atoms. The van der Waals surface area contributed by atoms with Crippen LogP contribution < -0.4 is 5.73 Å². The van der Waals surface area contributed by atoms with Gasteiger partial charge in [0.05, 0.1) is 0 Å². The average Bonchev–Trinajstić information content (AvgIpc) is 2.46. The maximum absolute atomic E-state index is 5.77. The minimum atomic E-state index is 0.322. The van der Waals surface area contributed by atoms with E-state index in [9.17, 15) is 0 Å². The van der Waals surface area contributed by atoms with Crippen molar-refractivity contribution in [1.82, 2.24) is 10.2 Å². The second-order valence-electron chi connectivity index (χ2n) is 4.61.